The maximum atomic E-state index is 12.5. The van der Waals surface area contributed by atoms with E-state index in [0.717, 1.165) is 18.8 Å². The summed E-state index contributed by atoms with van der Waals surface area (Å²) in [6.45, 7) is 3.82. The fourth-order valence-electron chi connectivity index (χ4n) is 3.60. The SMILES string of the molecule is C[C@@H]1Oc2ccccc2N(CC(=O)Nc2ccc(N3CCCC3)cc2)C1=O. The van der Waals surface area contributed by atoms with E-state index in [9.17, 15) is 9.59 Å². The molecule has 1 atom stereocenters. The van der Waals surface area contributed by atoms with E-state index >= 15 is 0 Å². The molecule has 2 aliphatic rings. The third kappa shape index (κ3) is 3.60. The normalized spacial score (nSPS) is 18.9. The molecule has 0 unspecified atom stereocenters. The Hall–Kier alpha value is -3.02. The summed E-state index contributed by atoms with van der Waals surface area (Å²) < 4.78 is 5.61. The van der Waals surface area contributed by atoms with E-state index in [4.69, 9.17) is 4.74 Å². The standard InChI is InChI=1S/C21H23N3O3/c1-15-21(26)24(18-6-2-3-7-19(18)27-15)14-20(25)22-16-8-10-17(11-9-16)23-12-4-5-13-23/h2-3,6-11,15H,4-5,12-14H2,1H3,(H,22,25)/t15-/m0/s1. The number of carbonyl (C=O) groups excluding carboxylic acids is 2. The number of nitrogens with zero attached hydrogens (tertiary/aromatic N) is 2. The molecule has 2 aromatic rings. The van der Waals surface area contributed by atoms with Crippen molar-refractivity contribution in [2.45, 2.75) is 25.9 Å². The predicted molar refractivity (Wildman–Crippen MR) is 105 cm³/mol. The highest BCUT2D eigenvalue weighted by atomic mass is 16.5. The van der Waals surface area contributed by atoms with Crippen molar-refractivity contribution in [3.05, 3.63) is 48.5 Å². The number of ether oxygens (including phenoxy) is 1. The van der Waals surface area contributed by atoms with Crippen LogP contribution < -0.4 is 19.9 Å². The number of benzene rings is 2. The van der Waals surface area contributed by atoms with Crippen molar-refractivity contribution in [3.8, 4) is 5.75 Å². The van der Waals surface area contributed by atoms with Gasteiger partial charge in [0.15, 0.2) is 6.10 Å². The number of amides is 2. The molecule has 2 aromatic carbocycles. The summed E-state index contributed by atoms with van der Waals surface area (Å²) >= 11 is 0. The van der Waals surface area contributed by atoms with Crippen LogP contribution in [0.1, 0.15) is 19.8 Å². The highest BCUT2D eigenvalue weighted by Gasteiger charge is 2.32. The lowest BCUT2D eigenvalue weighted by Crippen LogP contribution is -2.47. The lowest BCUT2D eigenvalue weighted by Gasteiger charge is -2.32. The molecular formula is C21H23N3O3. The third-order valence-corrected chi connectivity index (χ3v) is 5.00. The Morgan fingerprint density at radius 1 is 1.11 bits per heavy atom. The summed E-state index contributed by atoms with van der Waals surface area (Å²) in [5.74, 6) is 0.168. The van der Waals surface area contributed by atoms with Gasteiger partial charge >= 0.3 is 0 Å². The van der Waals surface area contributed by atoms with Crippen LogP contribution in [0.25, 0.3) is 0 Å². The smallest absolute Gasteiger partial charge is 0.268 e. The average molecular weight is 365 g/mol. The molecule has 4 rings (SSSR count). The van der Waals surface area contributed by atoms with Crippen molar-refractivity contribution >= 4 is 28.9 Å². The first-order chi connectivity index (χ1) is 13.1. The molecule has 2 aliphatic heterocycles. The molecule has 0 spiro atoms. The zero-order valence-corrected chi connectivity index (χ0v) is 15.4. The molecule has 6 nitrogen and oxygen atoms in total. The number of para-hydroxylation sites is 2. The predicted octanol–water partition coefficient (Wildman–Crippen LogP) is 3.04. The molecule has 140 valence electrons. The Morgan fingerprint density at radius 2 is 1.81 bits per heavy atom. The van der Waals surface area contributed by atoms with Gasteiger partial charge in [0.1, 0.15) is 12.3 Å². The summed E-state index contributed by atoms with van der Waals surface area (Å²) in [6, 6.07) is 15.1. The number of carbonyl (C=O) groups is 2. The lowest BCUT2D eigenvalue weighted by molar-refractivity contribution is -0.127. The second kappa shape index (κ2) is 7.31. The van der Waals surface area contributed by atoms with Crippen molar-refractivity contribution in [2.24, 2.45) is 0 Å². The van der Waals surface area contributed by atoms with Gasteiger partial charge in [-0.15, -0.1) is 0 Å². The van der Waals surface area contributed by atoms with Gasteiger partial charge in [-0.05, 0) is 56.2 Å². The molecule has 1 saturated heterocycles. The highest BCUT2D eigenvalue weighted by molar-refractivity contribution is 6.06. The summed E-state index contributed by atoms with van der Waals surface area (Å²) in [6.07, 6.45) is 1.85. The zero-order chi connectivity index (χ0) is 18.8. The van der Waals surface area contributed by atoms with Gasteiger partial charge in [-0.25, -0.2) is 0 Å². The average Bonchev–Trinajstić information content (AvgIpc) is 3.21. The van der Waals surface area contributed by atoms with E-state index in [0.29, 0.717) is 11.4 Å². The Morgan fingerprint density at radius 3 is 2.56 bits per heavy atom. The molecule has 0 saturated carbocycles. The van der Waals surface area contributed by atoms with Crippen molar-refractivity contribution < 1.29 is 14.3 Å². The fourth-order valence-corrected chi connectivity index (χ4v) is 3.60. The topological polar surface area (TPSA) is 61.9 Å². The van der Waals surface area contributed by atoms with Gasteiger partial charge < -0.3 is 15.0 Å². The fraction of sp³-hybridized carbons (Fsp3) is 0.333. The van der Waals surface area contributed by atoms with Crippen LogP contribution in [-0.4, -0.2) is 37.6 Å². The van der Waals surface area contributed by atoms with Crippen LogP contribution in [-0.2, 0) is 9.59 Å². The molecule has 0 aliphatic carbocycles. The van der Waals surface area contributed by atoms with Gasteiger partial charge in [-0.1, -0.05) is 12.1 Å². The van der Waals surface area contributed by atoms with Gasteiger partial charge in [0.05, 0.1) is 5.69 Å². The van der Waals surface area contributed by atoms with Crippen LogP contribution in [0.4, 0.5) is 17.1 Å². The molecule has 1 fully saturated rings. The highest BCUT2D eigenvalue weighted by Crippen LogP contribution is 2.33. The Balaban J connectivity index is 1.44. The largest absolute Gasteiger partial charge is 0.479 e. The van der Waals surface area contributed by atoms with E-state index < -0.39 is 6.10 Å². The van der Waals surface area contributed by atoms with Gasteiger partial charge in [-0.2, -0.15) is 0 Å². The number of rotatable bonds is 4. The minimum absolute atomic E-state index is 0.0442. The number of fused-ring (bicyclic) bond motifs is 1. The zero-order valence-electron chi connectivity index (χ0n) is 15.4. The maximum absolute atomic E-state index is 12.5. The first kappa shape index (κ1) is 17.4. The Kier molecular flexibility index (Phi) is 4.71. The van der Waals surface area contributed by atoms with Crippen molar-refractivity contribution in [1.29, 1.82) is 0 Å². The molecular weight excluding hydrogens is 342 g/mol. The molecule has 27 heavy (non-hydrogen) atoms. The minimum Gasteiger partial charge on any atom is -0.479 e. The molecule has 2 heterocycles. The lowest BCUT2D eigenvalue weighted by atomic mass is 10.2. The van der Waals surface area contributed by atoms with Crippen LogP contribution in [0.15, 0.2) is 48.5 Å². The quantitative estimate of drug-likeness (QED) is 0.905. The molecule has 6 heteroatoms. The Bertz CT molecular complexity index is 844. The number of hydrogen-bond acceptors (Lipinski definition) is 4. The summed E-state index contributed by atoms with van der Waals surface area (Å²) in [4.78, 5) is 28.8. The first-order valence-electron chi connectivity index (χ1n) is 9.34. The molecule has 0 bridgehead atoms. The number of anilines is 3. The van der Waals surface area contributed by atoms with E-state index in [1.807, 2.05) is 36.4 Å². The van der Waals surface area contributed by atoms with Gasteiger partial charge in [0.25, 0.3) is 5.91 Å². The van der Waals surface area contributed by atoms with Crippen molar-refractivity contribution in [2.75, 3.05) is 34.8 Å². The maximum Gasteiger partial charge on any atom is 0.268 e. The van der Waals surface area contributed by atoms with E-state index in [2.05, 4.69) is 10.2 Å². The van der Waals surface area contributed by atoms with E-state index in [-0.39, 0.29) is 18.4 Å². The number of nitrogens with one attached hydrogen (secondary N) is 1. The molecule has 1 N–H and O–H groups in total. The molecule has 0 aromatic heterocycles. The van der Waals surface area contributed by atoms with Crippen LogP contribution in [0.2, 0.25) is 0 Å². The third-order valence-electron chi connectivity index (χ3n) is 5.00. The van der Waals surface area contributed by atoms with Gasteiger partial charge in [0.2, 0.25) is 5.91 Å². The number of hydrogen-bond donors (Lipinski definition) is 1. The van der Waals surface area contributed by atoms with Gasteiger partial charge in [-0.3, -0.25) is 14.5 Å². The molecule has 0 radical (unpaired) electrons. The van der Waals surface area contributed by atoms with Gasteiger partial charge in [0, 0.05) is 24.5 Å². The van der Waals surface area contributed by atoms with E-state index in [1.165, 1.54) is 23.4 Å². The second-order valence-corrected chi connectivity index (χ2v) is 6.94. The monoisotopic (exact) mass is 365 g/mol. The van der Waals surface area contributed by atoms with Crippen LogP contribution in [0, 0.1) is 0 Å². The second-order valence-electron chi connectivity index (χ2n) is 6.94. The molecule has 2 amide bonds. The van der Waals surface area contributed by atoms with Crippen molar-refractivity contribution in [1.82, 2.24) is 0 Å². The van der Waals surface area contributed by atoms with Crippen LogP contribution in [0.3, 0.4) is 0 Å². The summed E-state index contributed by atoms with van der Waals surface area (Å²) in [7, 11) is 0. The van der Waals surface area contributed by atoms with Crippen LogP contribution >= 0.6 is 0 Å². The van der Waals surface area contributed by atoms with Crippen LogP contribution in [0.5, 0.6) is 5.75 Å². The van der Waals surface area contributed by atoms with E-state index in [1.54, 1.807) is 19.1 Å². The van der Waals surface area contributed by atoms with Crippen molar-refractivity contribution in [3.63, 3.8) is 0 Å². The Labute approximate surface area is 158 Å². The summed E-state index contributed by atoms with van der Waals surface area (Å²) in [5.41, 5.74) is 2.53. The minimum atomic E-state index is -0.604. The first-order valence-corrected chi connectivity index (χ1v) is 9.34. The summed E-state index contributed by atoms with van der Waals surface area (Å²) in [5, 5.41) is 2.88.